The average Bonchev–Trinajstić information content (AvgIpc) is 2.75. The summed E-state index contributed by atoms with van der Waals surface area (Å²) in [6.45, 7) is 2.44. The van der Waals surface area contributed by atoms with Gasteiger partial charge in [-0.15, -0.1) is 0 Å². The van der Waals surface area contributed by atoms with Crippen LogP contribution in [0.25, 0.3) is 0 Å². The summed E-state index contributed by atoms with van der Waals surface area (Å²) in [6, 6.07) is 11.0. The molecular weight excluding hydrogens is 393 g/mol. The van der Waals surface area contributed by atoms with Crippen LogP contribution < -0.4 is 5.56 Å². The number of aryl methyl sites for hydroxylation is 1. The molecule has 2 aromatic rings. The summed E-state index contributed by atoms with van der Waals surface area (Å²) in [5.74, 6) is 0.822. The highest BCUT2D eigenvalue weighted by atomic mass is 19.1. The summed E-state index contributed by atoms with van der Waals surface area (Å²) in [4.78, 5) is 30.1. The first kappa shape index (κ1) is 20.4. The minimum Gasteiger partial charge on any atom is -0.336 e. The summed E-state index contributed by atoms with van der Waals surface area (Å²) in [5, 5.41) is 0. The zero-order valence-corrected chi connectivity index (χ0v) is 18.0. The Labute approximate surface area is 182 Å². The van der Waals surface area contributed by atoms with Gasteiger partial charge in [0.2, 0.25) is 5.91 Å². The first-order valence-electron chi connectivity index (χ1n) is 11.4. The van der Waals surface area contributed by atoms with Gasteiger partial charge in [0.25, 0.3) is 5.56 Å². The van der Waals surface area contributed by atoms with Crippen molar-refractivity contribution in [3.05, 3.63) is 69.9 Å². The molecule has 3 aliphatic heterocycles. The summed E-state index contributed by atoms with van der Waals surface area (Å²) in [7, 11) is 1.79. The second kappa shape index (κ2) is 8.23. The molecule has 0 N–H and O–H groups in total. The van der Waals surface area contributed by atoms with Crippen molar-refractivity contribution < 1.29 is 9.18 Å². The predicted octanol–water partition coefficient (Wildman–Crippen LogP) is 2.97. The largest absolute Gasteiger partial charge is 0.336 e. The molecule has 1 aromatic heterocycles. The predicted molar refractivity (Wildman–Crippen MR) is 117 cm³/mol. The van der Waals surface area contributed by atoms with Gasteiger partial charge in [-0.25, -0.2) is 4.39 Å². The number of pyridine rings is 1. The van der Waals surface area contributed by atoms with Gasteiger partial charge in [-0.2, -0.15) is 0 Å². The molecule has 5 rings (SSSR count). The van der Waals surface area contributed by atoms with Crippen LogP contribution in [0.15, 0.2) is 47.4 Å². The highest BCUT2D eigenvalue weighted by Crippen LogP contribution is 2.42. The number of halogens is 1. The molecule has 0 saturated carbocycles. The van der Waals surface area contributed by atoms with E-state index in [9.17, 15) is 14.0 Å². The summed E-state index contributed by atoms with van der Waals surface area (Å²) in [5.41, 5.74) is 1.84. The van der Waals surface area contributed by atoms with Gasteiger partial charge in [-0.3, -0.25) is 14.5 Å². The Morgan fingerprint density at radius 2 is 1.94 bits per heavy atom. The van der Waals surface area contributed by atoms with Crippen molar-refractivity contribution in [2.24, 2.45) is 18.9 Å². The number of fused-ring (bicyclic) bond motifs is 4. The fraction of sp³-hybridized carbons (Fsp3) is 0.520. The Morgan fingerprint density at radius 3 is 2.77 bits per heavy atom. The molecule has 0 spiro atoms. The number of carbonyl (C=O) groups excluding carboxylic acids is 1. The molecule has 1 aromatic carbocycles. The van der Waals surface area contributed by atoms with Gasteiger partial charge < -0.3 is 9.47 Å². The molecule has 0 radical (unpaired) electrons. The molecule has 2 bridgehead atoms. The van der Waals surface area contributed by atoms with Crippen LogP contribution in [0, 0.1) is 17.7 Å². The maximum absolute atomic E-state index is 13.8. The lowest BCUT2D eigenvalue weighted by atomic mass is 9.70. The van der Waals surface area contributed by atoms with E-state index in [1.54, 1.807) is 29.9 Å². The third-order valence-electron chi connectivity index (χ3n) is 7.50. The normalized spacial score (nSPS) is 28.5. The topological polar surface area (TPSA) is 45.5 Å². The highest BCUT2D eigenvalue weighted by Gasteiger charge is 2.49. The smallest absolute Gasteiger partial charge is 0.254 e. The lowest BCUT2D eigenvalue weighted by molar-refractivity contribution is -0.152. The minimum atomic E-state index is -0.224. The number of benzene rings is 1. The number of nitrogens with zero attached hydrogens (tertiary/aromatic N) is 3. The molecule has 0 unspecified atom stereocenters. The number of piperidine rings is 3. The summed E-state index contributed by atoms with van der Waals surface area (Å²) >= 11 is 0. The monoisotopic (exact) mass is 423 g/mol. The van der Waals surface area contributed by atoms with Crippen molar-refractivity contribution in [3.8, 4) is 0 Å². The van der Waals surface area contributed by atoms with Crippen LogP contribution in [0.1, 0.15) is 36.8 Å². The van der Waals surface area contributed by atoms with Crippen LogP contribution in [-0.2, 0) is 24.8 Å². The van der Waals surface area contributed by atoms with Gasteiger partial charge in [0.05, 0.1) is 0 Å². The van der Waals surface area contributed by atoms with Crippen molar-refractivity contribution in [3.63, 3.8) is 0 Å². The van der Waals surface area contributed by atoms with E-state index in [1.165, 1.54) is 6.07 Å². The maximum Gasteiger partial charge on any atom is 0.254 e. The molecule has 3 aliphatic rings. The van der Waals surface area contributed by atoms with E-state index in [1.807, 2.05) is 18.2 Å². The fourth-order valence-corrected chi connectivity index (χ4v) is 6.18. The van der Waals surface area contributed by atoms with Crippen molar-refractivity contribution in [1.82, 2.24) is 14.4 Å². The molecule has 3 fully saturated rings. The number of carbonyl (C=O) groups is 1. The number of hydrogen-bond acceptors (Lipinski definition) is 3. The average molecular weight is 424 g/mol. The molecule has 1 amide bonds. The number of hydrogen-bond donors (Lipinski definition) is 0. The van der Waals surface area contributed by atoms with E-state index in [0.717, 1.165) is 43.5 Å². The first-order chi connectivity index (χ1) is 15.0. The van der Waals surface area contributed by atoms with Gasteiger partial charge in [0.15, 0.2) is 0 Å². The molecule has 164 valence electrons. The highest BCUT2D eigenvalue weighted by molar-refractivity contribution is 5.78. The van der Waals surface area contributed by atoms with Crippen LogP contribution in [0.2, 0.25) is 0 Å². The van der Waals surface area contributed by atoms with Crippen LogP contribution in [0.5, 0.6) is 0 Å². The maximum atomic E-state index is 13.8. The van der Waals surface area contributed by atoms with Gasteiger partial charge in [-0.05, 0) is 61.3 Å². The van der Waals surface area contributed by atoms with Crippen LogP contribution in [-0.4, -0.2) is 45.4 Å². The Kier molecular flexibility index (Phi) is 5.42. The van der Waals surface area contributed by atoms with Crippen LogP contribution in [0.4, 0.5) is 4.39 Å². The Hall–Kier alpha value is -2.47. The quantitative estimate of drug-likeness (QED) is 0.760. The molecular formula is C25H30FN3O2. The van der Waals surface area contributed by atoms with Gasteiger partial charge in [0, 0.05) is 56.9 Å². The lowest BCUT2D eigenvalue weighted by Gasteiger charge is -2.56. The van der Waals surface area contributed by atoms with Gasteiger partial charge in [0.1, 0.15) is 5.82 Å². The van der Waals surface area contributed by atoms with Crippen molar-refractivity contribution >= 4 is 5.91 Å². The molecule has 4 atom stereocenters. The van der Waals surface area contributed by atoms with Crippen molar-refractivity contribution in [2.45, 2.75) is 50.7 Å². The number of amides is 1. The number of likely N-dealkylation sites (tertiary alicyclic amines) is 1. The van der Waals surface area contributed by atoms with E-state index in [-0.39, 0.29) is 29.4 Å². The van der Waals surface area contributed by atoms with E-state index in [0.29, 0.717) is 31.2 Å². The fourth-order valence-electron chi connectivity index (χ4n) is 6.18. The van der Waals surface area contributed by atoms with E-state index < -0.39 is 0 Å². The van der Waals surface area contributed by atoms with Crippen molar-refractivity contribution in [2.75, 3.05) is 13.1 Å². The Bertz CT molecular complexity index is 1040. The third kappa shape index (κ3) is 3.93. The SMILES string of the molecule is Cn1cccc(CN2C[C@H]3C[C@@H](C2)[C@H](Cc2cccc(F)c2)N2C(=O)CCC[C@@H]32)c1=O. The van der Waals surface area contributed by atoms with E-state index in [4.69, 9.17) is 0 Å². The molecule has 0 aliphatic carbocycles. The molecule has 5 nitrogen and oxygen atoms in total. The summed E-state index contributed by atoms with van der Waals surface area (Å²) in [6.07, 6.45) is 6.21. The second-order valence-corrected chi connectivity index (χ2v) is 9.56. The lowest BCUT2D eigenvalue weighted by Crippen LogP contribution is -2.65. The van der Waals surface area contributed by atoms with E-state index in [2.05, 4.69) is 9.80 Å². The van der Waals surface area contributed by atoms with Gasteiger partial charge >= 0.3 is 0 Å². The number of rotatable bonds is 4. The standard InChI is InChI=1S/C25H30FN3O2/c1-27-10-4-6-18(25(27)31)14-28-15-19-13-20(16-28)23(12-17-5-2-7-21(26)11-17)29-22(19)8-3-9-24(29)30/h2,4-7,10-11,19-20,22-23H,3,8-9,12-16H2,1H3/t19-,20+,22+,23+/m1/s1. The molecule has 4 heterocycles. The third-order valence-corrected chi connectivity index (χ3v) is 7.50. The first-order valence-corrected chi connectivity index (χ1v) is 11.4. The van der Waals surface area contributed by atoms with E-state index >= 15 is 0 Å². The van der Waals surface area contributed by atoms with Crippen molar-refractivity contribution in [1.29, 1.82) is 0 Å². The van der Waals surface area contributed by atoms with Gasteiger partial charge in [-0.1, -0.05) is 18.2 Å². The van der Waals surface area contributed by atoms with Crippen LogP contribution in [0.3, 0.4) is 0 Å². The summed E-state index contributed by atoms with van der Waals surface area (Å²) < 4.78 is 15.5. The molecule has 6 heteroatoms. The number of aromatic nitrogens is 1. The van der Waals surface area contributed by atoms with Crippen LogP contribution >= 0.6 is 0 Å². The Balaban J connectivity index is 1.42. The molecule has 3 saturated heterocycles. The molecule has 31 heavy (non-hydrogen) atoms. The zero-order valence-electron chi connectivity index (χ0n) is 18.0. The minimum absolute atomic E-state index is 0.0593. The zero-order chi connectivity index (χ0) is 21.5. The second-order valence-electron chi connectivity index (χ2n) is 9.56. The Morgan fingerprint density at radius 1 is 1.10 bits per heavy atom.